The minimum absolute atomic E-state index is 0.00428. The van der Waals surface area contributed by atoms with Crippen LogP contribution in [0.2, 0.25) is 0 Å². The van der Waals surface area contributed by atoms with Crippen LogP contribution in [0.15, 0.2) is 18.2 Å². The molecule has 1 rings (SSSR count). The number of pyridine rings is 1. The summed E-state index contributed by atoms with van der Waals surface area (Å²) in [7, 11) is 5.00. The molecule has 5 nitrogen and oxygen atoms in total. The lowest BCUT2D eigenvalue weighted by Gasteiger charge is -2.18. The molecule has 1 N–H and O–H groups in total. The molecular formula is C11H17N3O2. The maximum atomic E-state index is 11.6. The summed E-state index contributed by atoms with van der Waals surface area (Å²) in [6, 6.07) is 5.06. The van der Waals surface area contributed by atoms with Crippen molar-refractivity contribution in [1.29, 1.82) is 0 Å². The van der Waals surface area contributed by atoms with Gasteiger partial charge in [0.1, 0.15) is 11.9 Å². The molecule has 1 unspecified atom stereocenters. The van der Waals surface area contributed by atoms with Crippen molar-refractivity contribution in [3.05, 3.63) is 18.2 Å². The molecule has 16 heavy (non-hydrogen) atoms. The molecule has 0 radical (unpaired) electrons. The number of likely N-dealkylation sites (N-methyl/N-ethyl adjacent to an activating group) is 1. The fourth-order valence-corrected chi connectivity index (χ4v) is 1.28. The summed E-state index contributed by atoms with van der Waals surface area (Å²) in [5.41, 5.74) is 0. The Morgan fingerprint density at radius 2 is 2.19 bits per heavy atom. The monoisotopic (exact) mass is 223 g/mol. The molecule has 0 aliphatic heterocycles. The minimum Gasteiger partial charge on any atom is -0.481 e. The van der Waals surface area contributed by atoms with E-state index in [1.54, 1.807) is 40.3 Å². The lowest BCUT2D eigenvalue weighted by Crippen LogP contribution is -2.36. The summed E-state index contributed by atoms with van der Waals surface area (Å²) in [5.74, 6) is 1.15. The zero-order valence-electron chi connectivity index (χ0n) is 10.0. The second kappa shape index (κ2) is 5.34. The number of aromatic nitrogens is 1. The van der Waals surface area contributed by atoms with Gasteiger partial charge in [0.25, 0.3) is 0 Å². The standard InChI is InChI=1S/C11H17N3O2/c1-8(11(15)14(2)3)12-9-6-5-7-10(13-9)16-4/h5-8H,1-4H3,(H,12,13). The lowest BCUT2D eigenvalue weighted by atomic mass is 10.3. The number of rotatable bonds is 4. The Balaban J connectivity index is 2.69. The average molecular weight is 223 g/mol. The molecule has 88 valence electrons. The maximum absolute atomic E-state index is 11.6. The van der Waals surface area contributed by atoms with Gasteiger partial charge < -0.3 is 15.0 Å². The van der Waals surface area contributed by atoms with E-state index >= 15 is 0 Å². The van der Waals surface area contributed by atoms with Crippen molar-refractivity contribution in [2.75, 3.05) is 26.5 Å². The first-order valence-electron chi connectivity index (χ1n) is 5.03. The van der Waals surface area contributed by atoms with Crippen molar-refractivity contribution >= 4 is 11.7 Å². The van der Waals surface area contributed by atoms with Crippen LogP contribution in [0.25, 0.3) is 0 Å². The first kappa shape index (κ1) is 12.3. The Hall–Kier alpha value is -1.78. The van der Waals surface area contributed by atoms with Crippen LogP contribution in [0.3, 0.4) is 0 Å². The van der Waals surface area contributed by atoms with E-state index < -0.39 is 0 Å². The zero-order valence-corrected chi connectivity index (χ0v) is 10.0. The molecule has 1 atom stereocenters. The number of carbonyl (C=O) groups excluding carboxylic acids is 1. The van der Waals surface area contributed by atoms with Crippen LogP contribution in [0.4, 0.5) is 5.82 Å². The topological polar surface area (TPSA) is 54.5 Å². The van der Waals surface area contributed by atoms with Gasteiger partial charge in [0.15, 0.2) is 0 Å². The predicted octanol–water partition coefficient (Wildman–Crippen LogP) is 0.979. The molecule has 0 fully saturated rings. The van der Waals surface area contributed by atoms with Gasteiger partial charge in [-0.15, -0.1) is 0 Å². The van der Waals surface area contributed by atoms with Gasteiger partial charge in [-0.1, -0.05) is 6.07 Å². The second-order valence-corrected chi connectivity index (χ2v) is 3.66. The first-order valence-corrected chi connectivity index (χ1v) is 5.03. The minimum atomic E-state index is -0.311. The van der Waals surface area contributed by atoms with E-state index in [1.165, 1.54) is 4.90 Å². The highest BCUT2D eigenvalue weighted by atomic mass is 16.5. The molecule has 1 aromatic heterocycles. The van der Waals surface area contributed by atoms with E-state index in [0.29, 0.717) is 11.7 Å². The molecule has 0 bridgehead atoms. The summed E-state index contributed by atoms with van der Waals surface area (Å²) >= 11 is 0. The molecular weight excluding hydrogens is 206 g/mol. The van der Waals surface area contributed by atoms with Gasteiger partial charge in [-0.2, -0.15) is 4.98 Å². The number of methoxy groups -OCH3 is 1. The molecule has 0 spiro atoms. The van der Waals surface area contributed by atoms with Crippen LogP contribution in [0.5, 0.6) is 5.88 Å². The van der Waals surface area contributed by atoms with Crippen LogP contribution >= 0.6 is 0 Å². The predicted molar refractivity (Wildman–Crippen MR) is 62.6 cm³/mol. The molecule has 1 heterocycles. The second-order valence-electron chi connectivity index (χ2n) is 3.66. The van der Waals surface area contributed by atoms with Crippen LogP contribution < -0.4 is 10.1 Å². The van der Waals surface area contributed by atoms with Crippen molar-refractivity contribution in [3.8, 4) is 5.88 Å². The molecule has 0 aromatic carbocycles. The quantitative estimate of drug-likeness (QED) is 0.826. The molecule has 1 aromatic rings. The van der Waals surface area contributed by atoms with Gasteiger partial charge in [-0.05, 0) is 13.0 Å². The summed E-state index contributed by atoms with van der Waals surface area (Å²) < 4.78 is 5.00. The number of hydrogen-bond donors (Lipinski definition) is 1. The number of carbonyl (C=O) groups is 1. The van der Waals surface area contributed by atoms with E-state index in [0.717, 1.165) is 0 Å². The van der Waals surface area contributed by atoms with E-state index in [-0.39, 0.29) is 11.9 Å². The number of hydrogen-bond acceptors (Lipinski definition) is 4. The molecule has 1 amide bonds. The molecule has 0 aliphatic carbocycles. The smallest absolute Gasteiger partial charge is 0.244 e. The van der Waals surface area contributed by atoms with Crippen LogP contribution in [0.1, 0.15) is 6.92 Å². The normalized spacial score (nSPS) is 11.8. The van der Waals surface area contributed by atoms with Gasteiger partial charge in [-0.3, -0.25) is 4.79 Å². The van der Waals surface area contributed by atoms with E-state index in [9.17, 15) is 4.79 Å². The van der Waals surface area contributed by atoms with Gasteiger partial charge in [0, 0.05) is 20.2 Å². The van der Waals surface area contributed by atoms with Crippen molar-refractivity contribution in [1.82, 2.24) is 9.88 Å². The number of nitrogens with one attached hydrogen (secondary N) is 1. The van der Waals surface area contributed by atoms with Crippen molar-refractivity contribution < 1.29 is 9.53 Å². The Bertz CT molecular complexity index is 366. The third-order valence-electron chi connectivity index (χ3n) is 2.11. The summed E-state index contributed by atoms with van der Waals surface area (Å²) in [6.07, 6.45) is 0. The highest BCUT2D eigenvalue weighted by Gasteiger charge is 2.14. The SMILES string of the molecule is COc1cccc(NC(C)C(=O)N(C)C)n1. The number of anilines is 1. The number of ether oxygens (including phenoxy) is 1. The Morgan fingerprint density at radius 3 is 2.75 bits per heavy atom. The lowest BCUT2D eigenvalue weighted by molar-refractivity contribution is -0.129. The average Bonchev–Trinajstić information content (AvgIpc) is 2.28. The van der Waals surface area contributed by atoms with Crippen LogP contribution in [-0.2, 0) is 4.79 Å². The van der Waals surface area contributed by atoms with E-state index in [2.05, 4.69) is 10.3 Å². The molecule has 0 saturated heterocycles. The van der Waals surface area contributed by atoms with Gasteiger partial charge in [-0.25, -0.2) is 0 Å². The molecule has 0 saturated carbocycles. The fraction of sp³-hybridized carbons (Fsp3) is 0.455. The Labute approximate surface area is 95.4 Å². The largest absolute Gasteiger partial charge is 0.481 e. The zero-order chi connectivity index (χ0) is 12.1. The highest BCUT2D eigenvalue weighted by Crippen LogP contribution is 2.11. The van der Waals surface area contributed by atoms with E-state index in [1.807, 2.05) is 6.07 Å². The summed E-state index contributed by atoms with van der Waals surface area (Å²) in [6.45, 7) is 1.80. The number of amides is 1. The van der Waals surface area contributed by atoms with E-state index in [4.69, 9.17) is 4.74 Å². The Morgan fingerprint density at radius 1 is 1.50 bits per heavy atom. The van der Waals surface area contributed by atoms with Gasteiger partial charge in [0.2, 0.25) is 11.8 Å². The maximum Gasteiger partial charge on any atom is 0.244 e. The first-order chi connectivity index (χ1) is 7.54. The Kier molecular flexibility index (Phi) is 4.10. The number of nitrogens with zero attached hydrogens (tertiary/aromatic N) is 2. The third kappa shape index (κ3) is 3.12. The fourth-order valence-electron chi connectivity index (χ4n) is 1.28. The van der Waals surface area contributed by atoms with Gasteiger partial charge >= 0.3 is 0 Å². The van der Waals surface area contributed by atoms with Crippen LogP contribution in [-0.4, -0.2) is 43.0 Å². The molecule has 5 heteroatoms. The molecule has 0 aliphatic rings. The summed E-state index contributed by atoms with van der Waals surface area (Å²) in [4.78, 5) is 17.3. The highest BCUT2D eigenvalue weighted by molar-refractivity contribution is 5.83. The van der Waals surface area contributed by atoms with Crippen molar-refractivity contribution in [2.45, 2.75) is 13.0 Å². The van der Waals surface area contributed by atoms with Crippen molar-refractivity contribution in [3.63, 3.8) is 0 Å². The van der Waals surface area contributed by atoms with Gasteiger partial charge in [0.05, 0.1) is 7.11 Å². The summed E-state index contributed by atoms with van der Waals surface area (Å²) in [5, 5.41) is 3.02. The van der Waals surface area contributed by atoms with Crippen molar-refractivity contribution in [2.24, 2.45) is 0 Å². The van der Waals surface area contributed by atoms with Crippen LogP contribution in [0, 0.1) is 0 Å². The third-order valence-corrected chi connectivity index (χ3v) is 2.11.